The van der Waals surface area contributed by atoms with Gasteiger partial charge in [-0.2, -0.15) is 0 Å². The van der Waals surface area contributed by atoms with Crippen LogP contribution in [0.1, 0.15) is 0 Å². The first-order valence-corrected chi connectivity index (χ1v) is 4.60. The highest BCUT2D eigenvalue weighted by molar-refractivity contribution is 6.34. The normalized spacial score (nSPS) is 10.6. The zero-order valence-corrected chi connectivity index (χ0v) is 8.56. The molecule has 1 N–H and O–H groups in total. The molecule has 0 aliphatic heterocycles. The third kappa shape index (κ3) is 1.68. The molecule has 0 bridgehead atoms. The standard InChI is InChI=1S/C10H7ClFNO2/c1-13-8-3-5-2-6(12)4-7(11)9(5)15-10(8)14/h2-4,13H,1H3. The lowest BCUT2D eigenvalue weighted by Crippen LogP contribution is -2.06. The molecule has 15 heavy (non-hydrogen) atoms. The highest BCUT2D eigenvalue weighted by Gasteiger charge is 2.08. The maximum absolute atomic E-state index is 13.0. The molecule has 0 atom stereocenters. The van der Waals surface area contributed by atoms with E-state index in [9.17, 15) is 9.18 Å². The molecule has 3 nitrogen and oxygen atoms in total. The van der Waals surface area contributed by atoms with E-state index in [-0.39, 0.29) is 16.3 Å². The van der Waals surface area contributed by atoms with Crippen LogP contribution in [0.15, 0.2) is 27.4 Å². The molecule has 1 aromatic carbocycles. The second-order valence-electron chi connectivity index (χ2n) is 3.00. The minimum Gasteiger partial charge on any atom is -0.420 e. The van der Waals surface area contributed by atoms with Crippen LogP contribution in [0.25, 0.3) is 11.0 Å². The Morgan fingerprint density at radius 2 is 2.13 bits per heavy atom. The topological polar surface area (TPSA) is 42.2 Å². The molecule has 5 heteroatoms. The van der Waals surface area contributed by atoms with E-state index in [1.807, 2.05) is 0 Å². The molecular formula is C10H7ClFNO2. The lowest BCUT2D eigenvalue weighted by Gasteiger charge is -2.02. The van der Waals surface area contributed by atoms with Crippen LogP contribution in [0.4, 0.5) is 10.1 Å². The fraction of sp³-hybridized carbons (Fsp3) is 0.100. The molecule has 1 heterocycles. The molecule has 1 aromatic heterocycles. The molecular weight excluding hydrogens is 221 g/mol. The molecule has 78 valence electrons. The zero-order valence-electron chi connectivity index (χ0n) is 7.80. The van der Waals surface area contributed by atoms with Gasteiger partial charge in [0.05, 0.1) is 5.02 Å². The first-order valence-electron chi connectivity index (χ1n) is 4.22. The maximum Gasteiger partial charge on any atom is 0.359 e. The number of hydrogen-bond donors (Lipinski definition) is 1. The van der Waals surface area contributed by atoms with Gasteiger partial charge >= 0.3 is 5.63 Å². The average molecular weight is 228 g/mol. The second kappa shape index (κ2) is 3.55. The van der Waals surface area contributed by atoms with Crippen LogP contribution >= 0.6 is 11.6 Å². The summed E-state index contributed by atoms with van der Waals surface area (Å²) < 4.78 is 18.0. The average Bonchev–Trinajstić information content (AvgIpc) is 2.18. The van der Waals surface area contributed by atoms with E-state index >= 15 is 0 Å². The Morgan fingerprint density at radius 1 is 1.40 bits per heavy atom. The molecule has 0 radical (unpaired) electrons. The van der Waals surface area contributed by atoms with Crippen molar-refractivity contribution in [3.8, 4) is 0 Å². The molecule has 0 saturated carbocycles. The number of halogens is 2. The minimum absolute atomic E-state index is 0.0877. The highest BCUT2D eigenvalue weighted by Crippen LogP contribution is 2.25. The molecule has 0 aliphatic rings. The van der Waals surface area contributed by atoms with Crippen molar-refractivity contribution in [3.05, 3.63) is 39.5 Å². The van der Waals surface area contributed by atoms with Crippen molar-refractivity contribution in [2.24, 2.45) is 0 Å². The molecule has 0 fully saturated rings. The Hall–Kier alpha value is -1.55. The van der Waals surface area contributed by atoms with Crippen LogP contribution in [-0.2, 0) is 0 Å². The van der Waals surface area contributed by atoms with Gasteiger partial charge in [0.2, 0.25) is 0 Å². The molecule has 0 aliphatic carbocycles. The van der Waals surface area contributed by atoms with E-state index in [1.165, 1.54) is 12.1 Å². The van der Waals surface area contributed by atoms with Crippen LogP contribution in [-0.4, -0.2) is 7.05 Å². The molecule has 0 unspecified atom stereocenters. The Labute approximate surface area is 89.5 Å². The summed E-state index contributed by atoms with van der Waals surface area (Å²) in [6.45, 7) is 0. The SMILES string of the molecule is CNc1cc2cc(F)cc(Cl)c2oc1=O. The maximum atomic E-state index is 13.0. The van der Waals surface area contributed by atoms with Gasteiger partial charge in [-0.05, 0) is 18.2 Å². The largest absolute Gasteiger partial charge is 0.420 e. The van der Waals surface area contributed by atoms with Crippen molar-refractivity contribution < 1.29 is 8.81 Å². The summed E-state index contributed by atoms with van der Waals surface area (Å²) in [6.07, 6.45) is 0. The van der Waals surface area contributed by atoms with Crippen molar-refractivity contribution in [2.75, 3.05) is 12.4 Å². The second-order valence-corrected chi connectivity index (χ2v) is 3.41. The number of anilines is 1. The Kier molecular flexibility index (Phi) is 2.36. The van der Waals surface area contributed by atoms with Crippen LogP contribution in [0.2, 0.25) is 5.02 Å². The summed E-state index contributed by atoms with van der Waals surface area (Å²) >= 11 is 5.74. The summed E-state index contributed by atoms with van der Waals surface area (Å²) in [7, 11) is 1.58. The third-order valence-electron chi connectivity index (χ3n) is 2.02. The van der Waals surface area contributed by atoms with Gasteiger partial charge in [0.15, 0.2) is 5.58 Å². The van der Waals surface area contributed by atoms with Gasteiger partial charge in [0.25, 0.3) is 0 Å². The quantitative estimate of drug-likeness (QED) is 0.762. The van der Waals surface area contributed by atoms with E-state index in [2.05, 4.69) is 5.32 Å². The zero-order chi connectivity index (χ0) is 11.0. The first kappa shape index (κ1) is 9.98. The fourth-order valence-corrected chi connectivity index (χ4v) is 1.58. The molecule has 2 rings (SSSR count). The predicted octanol–water partition coefficient (Wildman–Crippen LogP) is 2.63. The van der Waals surface area contributed by atoms with Crippen LogP contribution < -0.4 is 10.9 Å². The molecule has 0 saturated heterocycles. The van der Waals surface area contributed by atoms with Crippen molar-refractivity contribution in [1.29, 1.82) is 0 Å². The van der Waals surface area contributed by atoms with E-state index in [4.69, 9.17) is 16.0 Å². The van der Waals surface area contributed by atoms with E-state index < -0.39 is 11.4 Å². The van der Waals surface area contributed by atoms with Crippen molar-refractivity contribution in [2.45, 2.75) is 0 Å². The minimum atomic E-state index is -0.529. The first-order chi connectivity index (χ1) is 7.11. The third-order valence-corrected chi connectivity index (χ3v) is 2.30. The van der Waals surface area contributed by atoms with Crippen molar-refractivity contribution >= 4 is 28.3 Å². The Bertz CT molecular complexity index is 579. The van der Waals surface area contributed by atoms with E-state index in [0.717, 1.165) is 6.07 Å². The Morgan fingerprint density at radius 3 is 2.80 bits per heavy atom. The van der Waals surface area contributed by atoms with Gasteiger partial charge in [-0.3, -0.25) is 0 Å². The van der Waals surface area contributed by atoms with Gasteiger partial charge < -0.3 is 9.73 Å². The smallest absolute Gasteiger partial charge is 0.359 e. The Balaban J connectivity index is 2.87. The number of benzene rings is 1. The summed E-state index contributed by atoms with van der Waals surface area (Å²) in [6, 6.07) is 3.85. The molecule has 0 amide bonds. The van der Waals surface area contributed by atoms with E-state index in [0.29, 0.717) is 5.39 Å². The van der Waals surface area contributed by atoms with Crippen LogP contribution in [0, 0.1) is 5.82 Å². The molecule has 0 spiro atoms. The monoisotopic (exact) mass is 227 g/mol. The van der Waals surface area contributed by atoms with E-state index in [1.54, 1.807) is 7.05 Å². The van der Waals surface area contributed by atoms with Gasteiger partial charge in [-0.25, -0.2) is 9.18 Å². The number of hydrogen-bond acceptors (Lipinski definition) is 3. The predicted molar refractivity (Wildman–Crippen MR) is 57.0 cm³/mol. The van der Waals surface area contributed by atoms with Gasteiger partial charge in [-0.1, -0.05) is 11.6 Å². The summed E-state index contributed by atoms with van der Waals surface area (Å²) in [4.78, 5) is 11.3. The summed E-state index contributed by atoms with van der Waals surface area (Å²) in [5.74, 6) is -0.469. The summed E-state index contributed by atoms with van der Waals surface area (Å²) in [5.41, 5.74) is -0.0651. The van der Waals surface area contributed by atoms with Gasteiger partial charge in [-0.15, -0.1) is 0 Å². The molecule has 2 aromatic rings. The fourth-order valence-electron chi connectivity index (χ4n) is 1.33. The lowest BCUT2D eigenvalue weighted by molar-refractivity contribution is 0.561. The van der Waals surface area contributed by atoms with Gasteiger partial charge in [0.1, 0.15) is 11.5 Å². The van der Waals surface area contributed by atoms with Crippen LogP contribution in [0.3, 0.4) is 0 Å². The number of fused-ring (bicyclic) bond motifs is 1. The van der Waals surface area contributed by atoms with Crippen LogP contribution in [0.5, 0.6) is 0 Å². The summed E-state index contributed by atoms with van der Waals surface area (Å²) in [5, 5.41) is 3.19. The van der Waals surface area contributed by atoms with Crippen molar-refractivity contribution in [3.63, 3.8) is 0 Å². The van der Waals surface area contributed by atoms with Gasteiger partial charge in [0, 0.05) is 12.4 Å². The number of nitrogens with one attached hydrogen (secondary N) is 1. The lowest BCUT2D eigenvalue weighted by atomic mass is 10.2. The van der Waals surface area contributed by atoms with Crippen molar-refractivity contribution in [1.82, 2.24) is 0 Å². The number of rotatable bonds is 1. The highest BCUT2D eigenvalue weighted by atomic mass is 35.5.